The third-order valence-corrected chi connectivity index (χ3v) is 4.98. The summed E-state index contributed by atoms with van der Waals surface area (Å²) in [6.07, 6.45) is 3.04. The highest BCUT2D eigenvalue weighted by Gasteiger charge is 2.24. The molecule has 20 heavy (non-hydrogen) atoms. The van der Waals surface area contributed by atoms with Gasteiger partial charge in [-0.3, -0.25) is 0 Å². The van der Waals surface area contributed by atoms with Crippen LogP contribution in [0.5, 0.6) is 0 Å². The van der Waals surface area contributed by atoms with E-state index in [9.17, 15) is 13.2 Å². The molecule has 0 radical (unpaired) electrons. The lowest BCUT2D eigenvalue weighted by Gasteiger charge is -2.16. The van der Waals surface area contributed by atoms with Crippen molar-refractivity contribution in [1.29, 1.82) is 0 Å². The van der Waals surface area contributed by atoms with Crippen LogP contribution in [0.15, 0.2) is 17.2 Å². The van der Waals surface area contributed by atoms with Crippen LogP contribution in [0.25, 0.3) is 0 Å². The minimum atomic E-state index is -3.54. The number of nitrogens with one attached hydrogen (secondary N) is 1. The maximum atomic E-state index is 12.2. The van der Waals surface area contributed by atoms with E-state index < -0.39 is 16.0 Å². The second kappa shape index (κ2) is 7.44. The first-order valence-electron chi connectivity index (χ1n) is 6.83. The number of unbranched alkanes of at least 4 members (excludes halogenated alkanes) is 1. The van der Waals surface area contributed by atoms with Crippen molar-refractivity contribution in [1.82, 2.24) is 9.29 Å². The van der Waals surface area contributed by atoms with Gasteiger partial charge in [-0.05, 0) is 12.5 Å². The van der Waals surface area contributed by atoms with Crippen LogP contribution in [0.1, 0.15) is 44.1 Å². The average Bonchev–Trinajstić information content (AvgIpc) is 2.90. The zero-order chi connectivity index (χ0) is 15.2. The van der Waals surface area contributed by atoms with Crippen molar-refractivity contribution in [3.05, 3.63) is 18.0 Å². The summed E-state index contributed by atoms with van der Waals surface area (Å²) in [5.74, 6) is -0.528. The fourth-order valence-electron chi connectivity index (χ4n) is 1.74. The Morgan fingerprint density at radius 3 is 2.50 bits per heavy atom. The lowest BCUT2D eigenvalue weighted by molar-refractivity contribution is 0.0493. The molecular weight excluding hydrogens is 280 g/mol. The first-order chi connectivity index (χ1) is 9.47. The van der Waals surface area contributed by atoms with Gasteiger partial charge in [-0.2, -0.15) is 4.31 Å². The van der Waals surface area contributed by atoms with Gasteiger partial charge in [0, 0.05) is 19.3 Å². The molecule has 6 nitrogen and oxygen atoms in total. The summed E-state index contributed by atoms with van der Waals surface area (Å²) in [4.78, 5) is 14.5. The summed E-state index contributed by atoms with van der Waals surface area (Å²) in [5.41, 5.74) is 0.159. The second-order valence-electron chi connectivity index (χ2n) is 4.33. The third-order valence-electron chi connectivity index (χ3n) is 2.95. The molecule has 1 aromatic heterocycles. The molecular formula is C13H22N2O4S. The maximum absolute atomic E-state index is 12.2. The predicted octanol–water partition coefficient (Wildman–Crippen LogP) is 2.00. The fourth-order valence-corrected chi connectivity index (χ4v) is 3.19. The Balaban J connectivity index is 2.84. The molecule has 0 amide bonds. The van der Waals surface area contributed by atoms with Gasteiger partial charge in [-0.15, -0.1) is 0 Å². The van der Waals surface area contributed by atoms with Crippen molar-refractivity contribution in [2.75, 3.05) is 19.7 Å². The number of hydrogen-bond donors (Lipinski definition) is 1. The highest BCUT2D eigenvalue weighted by molar-refractivity contribution is 7.89. The number of aromatic amines is 1. The number of hydrogen-bond acceptors (Lipinski definition) is 4. The van der Waals surface area contributed by atoms with Gasteiger partial charge in [0.25, 0.3) is 0 Å². The molecule has 1 aromatic rings. The van der Waals surface area contributed by atoms with Crippen molar-refractivity contribution >= 4 is 16.0 Å². The van der Waals surface area contributed by atoms with E-state index in [2.05, 4.69) is 4.98 Å². The Morgan fingerprint density at radius 1 is 1.30 bits per heavy atom. The monoisotopic (exact) mass is 302 g/mol. The molecule has 1 rings (SSSR count). The van der Waals surface area contributed by atoms with E-state index in [4.69, 9.17) is 4.74 Å². The summed E-state index contributed by atoms with van der Waals surface area (Å²) in [5, 5.41) is 0. The van der Waals surface area contributed by atoms with E-state index in [1.54, 1.807) is 13.8 Å². The summed E-state index contributed by atoms with van der Waals surface area (Å²) < 4.78 is 30.9. The molecule has 0 aromatic carbocycles. The molecule has 0 atom stereocenters. The number of sulfonamides is 1. The SMILES string of the molecule is CCCCOC(=O)c1cc(S(=O)(=O)N(CC)CC)c[nH]1. The molecule has 0 fully saturated rings. The zero-order valence-corrected chi connectivity index (χ0v) is 13.0. The van der Waals surface area contributed by atoms with E-state index in [0.29, 0.717) is 19.7 Å². The largest absolute Gasteiger partial charge is 0.461 e. The number of carbonyl (C=O) groups excluding carboxylic acids is 1. The first kappa shape index (κ1) is 16.7. The van der Waals surface area contributed by atoms with Crippen LogP contribution >= 0.6 is 0 Å². The smallest absolute Gasteiger partial charge is 0.354 e. The van der Waals surface area contributed by atoms with Crippen LogP contribution in [0.3, 0.4) is 0 Å². The lowest BCUT2D eigenvalue weighted by atomic mass is 10.3. The minimum absolute atomic E-state index is 0.0867. The van der Waals surface area contributed by atoms with E-state index in [1.165, 1.54) is 16.6 Å². The van der Waals surface area contributed by atoms with Crippen molar-refractivity contribution in [2.45, 2.75) is 38.5 Å². The van der Waals surface area contributed by atoms with E-state index in [1.807, 2.05) is 6.92 Å². The molecule has 7 heteroatoms. The van der Waals surface area contributed by atoms with Gasteiger partial charge >= 0.3 is 5.97 Å². The van der Waals surface area contributed by atoms with Crippen LogP contribution in [0.2, 0.25) is 0 Å². The molecule has 1 N–H and O–H groups in total. The van der Waals surface area contributed by atoms with E-state index in [0.717, 1.165) is 12.8 Å². The molecule has 0 aliphatic carbocycles. The number of esters is 1. The number of aromatic nitrogens is 1. The highest BCUT2D eigenvalue weighted by Crippen LogP contribution is 2.17. The standard InChI is InChI=1S/C13H22N2O4S/c1-4-7-8-19-13(16)12-9-11(10-14-12)20(17,18)15(5-2)6-3/h9-10,14H,4-8H2,1-3H3. The van der Waals surface area contributed by atoms with Crippen LogP contribution in [-0.2, 0) is 14.8 Å². The summed E-state index contributed by atoms with van der Waals surface area (Å²) in [6.45, 7) is 6.66. The number of H-pyrrole nitrogens is 1. The Labute approximate surface area is 120 Å². The number of rotatable bonds is 8. The number of nitrogens with zero attached hydrogens (tertiary/aromatic N) is 1. The Bertz CT molecular complexity index is 532. The normalized spacial score (nSPS) is 11.8. The zero-order valence-electron chi connectivity index (χ0n) is 12.2. The second-order valence-corrected chi connectivity index (χ2v) is 6.27. The van der Waals surface area contributed by atoms with Crippen LogP contribution in [0, 0.1) is 0 Å². The molecule has 0 unspecified atom stereocenters. The summed E-state index contributed by atoms with van der Waals surface area (Å²) >= 11 is 0. The van der Waals surface area contributed by atoms with Crippen molar-refractivity contribution < 1.29 is 17.9 Å². The lowest BCUT2D eigenvalue weighted by Crippen LogP contribution is -2.30. The van der Waals surface area contributed by atoms with Crippen molar-refractivity contribution in [3.63, 3.8) is 0 Å². The highest BCUT2D eigenvalue weighted by atomic mass is 32.2. The first-order valence-corrected chi connectivity index (χ1v) is 8.27. The van der Waals surface area contributed by atoms with Gasteiger partial charge in [0.05, 0.1) is 6.61 Å². The molecule has 0 spiro atoms. The van der Waals surface area contributed by atoms with Crippen LogP contribution in [-0.4, -0.2) is 43.4 Å². The molecule has 0 aliphatic rings. The van der Waals surface area contributed by atoms with Gasteiger partial charge in [0.2, 0.25) is 10.0 Å². The molecule has 0 bridgehead atoms. The van der Waals surface area contributed by atoms with Crippen molar-refractivity contribution in [3.8, 4) is 0 Å². The Morgan fingerprint density at radius 2 is 1.95 bits per heavy atom. The Hall–Kier alpha value is -1.34. The van der Waals surface area contributed by atoms with Crippen molar-refractivity contribution in [2.24, 2.45) is 0 Å². The Kier molecular flexibility index (Phi) is 6.22. The molecule has 114 valence electrons. The van der Waals surface area contributed by atoms with Gasteiger partial charge < -0.3 is 9.72 Å². The van der Waals surface area contributed by atoms with E-state index in [-0.39, 0.29) is 10.6 Å². The molecule has 0 saturated carbocycles. The maximum Gasteiger partial charge on any atom is 0.354 e. The number of ether oxygens (including phenoxy) is 1. The van der Waals surface area contributed by atoms with Crippen LogP contribution in [0.4, 0.5) is 0 Å². The summed E-state index contributed by atoms with van der Waals surface area (Å²) in [6, 6.07) is 1.32. The summed E-state index contributed by atoms with van der Waals surface area (Å²) in [7, 11) is -3.54. The number of carbonyl (C=O) groups is 1. The quantitative estimate of drug-likeness (QED) is 0.588. The predicted molar refractivity (Wildman–Crippen MR) is 76.1 cm³/mol. The molecule has 0 aliphatic heterocycles. The molecule has 0 saturated heterocycles. The topological polar surface area (TPSA) is 79.5 Å². The minimum Gasteiger partial charge on any atom is -0.461 e. The van der Waals surface area contributed by atoms with Crippen LogP contribution < -0.4 is 0 Å². The van der Waals surface area contributed by atoms with Gasteiger partial charge in [0.15, 0.2) is 0 Å². The van der Waals surface area contributed by atoms with Gasteiger partial charge in [-0.25, -0.2) is 13.2 Å². The molecule has 1 heterocycles. The fraction of sp³-hybridized carbons (Fsp3) is 0.615. The third kappa shape index (κ3) is 3.83. The average molecular weight is 302 g/mol. The van der Waals surface area contributed by atoms with Gasteiger partial charge in [0.1, 0.15) is 10.6 Å². The van der Waals surface area contributed by atoms with Gasteiger partial charge in [-0.1, -0.05) is 27.2 Å². The van der Waals surface area contributed by atoms with E-state index >= 15 is 0 Å².